The number of hydrogen-bond acceptors (Lipinski definition) is 6. The first kappa shape index (κ1) is 18.5. The third-order valence-corrected chi connectivity index (χ3v) is 5.24. The molecule has 8 nitrogen and oxygen atoms in total. The molecule has 3 rings (SSSR count). The first-order valence-corrected chi connectivity index (χ1v) is 9.44. The maximum Gasteiger partial charge on any atom is 0.328 e. The van der Waals surface area contributed by atoms with E-state index in [1.165, 1.54) is 0 Å². The van der Waals surface area contributed by atoms with Gasteiger partial charge in [0.15, 0.2) is 5.52 Å². The lowest BCUT2D eigenvalue weighted by Gasteiger charge is -2.33. The van der Waals surface area contributed by atoms with Crippen molar-refractivity contribution in [3.05, 3.63) is 38.4 Å². The monoisotopic (exact) mass is 377 g/mol. The summed E-state index contributed by atoms with van der Waals surface area (Å²) in [6.45, 7) is 11.4. The van der Waals surface area contributed by atoms with Crippen LogP contribution in [0.2, 0.25) is 0 Å². The molecule has 0 atom stereocenters. The summed E-state index contributed by atoms with van der Waals surface area (Å²) in [6, 6.07) is 0. The van der Waals surface area contributed by atoms with Crippen molar-refractivity contribution in [3.8, 4) is 0 Å². The van der Waals surface area contributed by atoms with Crippen molar-refractivity contribution in [1.29, 1.82) is 0 Å². The summed E-state index contributed by atoms with van der Waals surface area (Å²) in [5, 5.41) is 0. The number of nitrogens with zero attached hydrogens (tertiary/aromatic N) is 4. The van der Waals surface area contributed by atoms with Crippen LogP contribution < -0.4 is 11.2 Å². The largest absolute Gasteiger partial charge is 0.335 e. The number of fused-ring (bicyclic) bond motifs is 1. The van der Waals surface area contributed by atoms with Crippen LogP contribution in [0.25, 0.3) is 11.0 Å². The maximum absolute atomic E-state index is 12.9. The fraction of sp³-hybridized carbons (Fsp3) is 0.529. The molecule has 140 valence electrons. The van der Waals surface area contributed by atoms with Gasteiger partial charge in [-0.2, -0.15) is 4.37 Å². The van der Waals surface area contributed by atoms with Gasteiger partial charge in [0.1, 0.15) is 4.88 Å². The summed E-state index contributed by atoms with van der Waals surface area (Å²) < 4.78 is 5.30. The number of aromatic amines is 1. The minimum absolute atomic E-state index is 0.151. The molecule has 2 aromatic rings. The molecule has 1 N–H and O–H groups in total. The van der Waals surface area contributed by atoms with Gasteiger partial charge in [0, 0.05) is 39.3 Å². The summed E-state index contributed by atoms with van der Waals surface area (Å²) in [5.74, 6) is -0.0368. The van der Waals surface area contributed by atoms with Gasteiger partial charge >= 0.3 is 5.69 Å². The van der Waals surface area contributed by atoms with Gasteiger partial charge in [0.05, 0.1) is 5.52 Å². The van der Waals surface area contributed by atoms with Crippen LogP contribution in [0.1, 0.15) is 23.5 Å². The average Bonchev–Trinajstić information content (AvgIpc) is 3.02. The van der Waals surface area contributed by atoms with Crippen molar-refractivity contribution >= 4 is 28.5 Å². The van der Waals surface area contributed by atoms with Crippen molar-refractivity contribution in [3.63, 3.8) is 0 Å². The third-order valence-electron chi connectivity index (χ3n) is 4.41. The highest BCUT2D eigenvalue weighted by Crippen LogP contribution is 2.20. The van der Waals surface area contributed by atoms with Crippen LogP contribution in [0.4, 0.5) is 0 Å². The normalized spacial score (nSPS) is 15.7. The van der Waals surface area contributed by atoms with E-state index in [1.807, 2.05) is 19.9 Å². The van der Waals surface area contributed by atoms with Crippen LogP contribution in [0, 0.1) is 5.92 Å². The summed E-state index contributed by atoms with van der Waals surface area (Å²) in [7, 11) is 0. The Balaban J connectivity index is 1.90. The summed E-state index contributed by atoms with van der Waals surface area (Å²) >= 11 is 0.972. The second-order valence-electron chi connectivity index (χ2n) is 6.86. The molecule has 0 bridgehead atoms. The van der Waals surface area contributed by atoms with E-state index in [2.05, 4.69) is 20.8 Å². The van der Waals surface area contributed by atoms with Crippen molar-refractivity contribution < 1.29 is 4.79 Å². The summed E-state index contributed by atoms with van der Waals surface area (Å²) in [6.07, 6.45) is 1.85. The highest BCUT2D eigenvalue weighted by molar-refractivity contribution is 7.09. The molecular formula is C17H23N5O3S. The average molecular weight is 377 g/mol. The molecule has 1 aliphatic rings. The zero-order valence-corrected chi connectivity index (χ0v) is 15.8. The summed E-state index contributed by atoms with van der Waals surface area (Å²) in [4.78, 5) is 44.7. The number of piperazine rings is 1. The van der Waals surface area contributed by atoms with Crippen LogP contribution in [0.15, 0.2) is 22.2 Å². The topological polar surface area (TPSA) is 91.3 Å². The molecule has 0 unspecified atom stereocenters. The first-order valence-electron chi connectivity index (χ1n) is 8.67. The van der Waals surface area contributed by atoms with E-state index in [0.717, 1.165) is 35.7 Å². The van der Waals surface area contributed by atoms with Crippen molar-refractivity contribution in [2.75, 3.05) is 32.7 Å². The molecule has 1 amide bonds. The lowest BCUT2D eigenvalue weighted by atomic mass is 10.2. The van der Waals surface area contributed by atoms with Gasteiger partial charge in [-0.3, -0.25) is 19.1 Å². The molecule has 26 heavy (non-hydrogen) atoms. The van der Waals surface area contributed by atoms with E-state index < -0.39 is 11.2 Å². The Kier molecular flexibility index (Phi) is 5.38. The van der Waals surface area contributed by atoms with E-state index in [0.29, 0.717) is 24.5 Å². The molecule has 3 heterocycles. The molecule has 0 aliphatic carbocycles. The number of hydrogen-bond donors (Lipinski definition) is 1. The van der Waals surface area contributed by atoms with E-state index >= 15 is 0 Å². The Morgan fingerprint density at radius 2 is 2.00 bits per heavy atom. The molecule has 9 heteroatoms. The minimum atomic E-state index is -0.499. The quantitative estimate of drug-likeness (QED) is 0.777. The Labute approximate surface area is 154 Å². The second-order valence-corrected chi connectivity index (χ2v) is 7.63. The van der Waals surface area contributed by atoms with Gasteiger partial charge in [0.25, 0.3) is 11.5 Å². The number of amides is 1. The molecule has 0 radical (unpaired) electrons. The molecule has 0 aromatic carbocycles. The van der Waals surface area contributed by atoms with Gasteiger partial charge < -0.3 is 9.88 Å². The summed E-state index contributed by atoms with van der Waals surface area (Å²) in [5.41, 5.74) is -0.530. The fourth-order valence-electron chi connectivity index (χ4n) is 3.08. The minimum Gasteiger partial charge on any atom is -0.335 e. The lowest BCUT2D eigenvalue weighted by Crippen LogP contribution is -2.48. The Hall–Kier alpha value is -2.26. The molecule has 0 spiro atoms. The number of nitrogens with one attached hydrogen (secondary N) is 1. The number of aromatic nitrogens is 3. The molecule has 1 fully saturated rings. The second kappa shape index (κ2) is 7.55. The number of carbonyl (C=O) groups is 1. The molecule has 0 saturated carbocycles. The Bertz CT molecular complexity index is 934. The predicted octanol–water partition coefficient (Wildman–Crippen LogP) is 0.746. The number of carbonyl (C=O) groups excluding carboxylic acids is 1. The zero-order valence-electron chi connectivity index (χ0n) is 15.0. The van der Waals surface area contributed by atoms with E-state index in [9.17, 15) is 14.4 Å². The van der Waals surface area contributed by atoms with Crippen molar-refractivity contribution in [2.45, 2.75) is 20.4 Å². The number of rotatable bonds is 5. The van der Waals surface area contributed by atoms with Crippen molar-refractivity contribution in [1.82, 2.24) is 23.7 Å². The van der Waals surface area contributed by atoms with Crippen LogP contribution in [-0.2, 0) is 6.54 Å². The van der Waals surface area contributed by atoms with Gasteiger partial charge in [0.2, 0.25) is 0 Å². The smallest absolute Gasteiger partial charge is 0.328 e. The van der Waals surface area contributed by atoms with E-state index in [4.69, 9.17) is 0 Å². The fourth-order valence-corrected chi connectivity index (χ4v) is 3.88. The van der Waals surface area contributed by atoms with Crippen LogP contribution in [0.3, 0.4) is 0 Å². The molecule has 1 saturated heterocycles. The Morgan fingerprint density at radius 3 is 2.62 bits per heavy atom. The van der Waals surface area contributed by atoms with Crippen LogP contribution in [0.5, 0.6) is 0 Å². The predicted molar refractivity (Wildman–Crippen MR) is 102 cm³/mol. The van der Waals surface area contributed by atoms with Crippen LogP contribution in [-0.4, -0.2) is 62.4 Å². The Morgan fingerprint density at radius 1 is 1.31 bits per heavy atom. The standard InChI is InChI=1S/C17H23N5O3S/c1-4-5-20-6-8-21(9-7-20)16(24)14-12-13(19-26-14)15(23)22(10-11(2)3)17(25)18-12/h4,11H,1,5-10H2,2-3H3,(H,18,25). The molecule has 2 aromatic heterocycles. The van der Waals surface area contributed by atoms with Gasteiger partial charge in [-0.1, -0.05) is 19.9 Å². The SMILES string of the molecule is C=CCN1CCN(C(=O)c2snc3c(=O)n(CC(C)C)c(=O)[nH]c23)CC1. The van der Waals surface area contributed by atoms with Gasteiger partial charge in [-0.15, -0.1) is 6.58 Å². The zero-order chi connectivity index (χ0) is 18.8. The number of H-pyrrole nitrogens is 1. The van der Waals surface area contributed by atoms with Gasteiger partial charge in [-0.05, 0) is 17.5 Å². The molecular weight excluding hydrogens is 354 g/mol. The van der Waals surface area contributed by atoms with Crippen LogP contribution >= 0.6 is 11.5 Å². The van der Waals surface area contributed by atoms with E-state index in [-0.39, 0.29) is 22.9 Å². The maximum atomic E-state index is 12.9. The first-order chi connectivity index (χ1) is 12.4. The van der Waals surface area contributed by atoms with Crippen molar-refractivity contribution in [2.24, 2.45) is 5.92 Å². The lowest BCUT2D eigenvalue weighted by molar-refractivity contribution is 0.0656. The van der Waals surface area contributed by atoms with Gasteiger partial charge in [-0.25, -0.2) is 4.79 Å². The highest BCUT2D eigenvalue weighted by Gasteiger charge is 2.26. The van der Waals surface area contributed by atoms with E-state index in [1.54, 1.807) is 4.90 Å². The third kappa shape index (κ3) is 3.49. The molecule has 1 aliphatic heterocycles. The highest BCUT2D eigenvalue weighted by atomic mass is 32.1.